The Morgan fingerprint density at radius 3 is 2.42 bits per heavy atom. The molecule has 0 bridgehead atoms. The van der Waals surface area contributed by atoms with Crippen molar-refractivity contribution in [2.24, 2.45) is 5.73 Å². The van der Waals surface area contributed by atoms with Gasteiger partial charge in [-0.1, -0.05) is 36.4 Å². The highest BCUT2D eigenvalue weighted by Crippen LogP contribution is 2.41. The summed E-state index contributed by atoms with van der Waals surface area (Å²) in [6.07, 6.45) is 3.43. The molecule has 0 saturated carbocycles. The van der Waals surface area contributed by atoms with Crippen molar-refractivity contribution in [1.29, 1.82) is 0 Å². The molecule has 0 saturated heterocycles. The molecule has 1 aromatic heterocycles. The molecule has 0 aliphatic carbocycles. The van der Waals surface area contributed by atoms with Gasteiger partial charge in [0.25, 0.3) is 5.91 Å². The minimum Gasteiger partial charge on any atom is -0.366 e. The van der Waals surface area contributed by atoms with Gasteiger partial charge in [0.15, 0.2) is 0 Å². The third-order valence-corrected chi connectivity index (χ3v) is 7.11. The Morgan fingerprint density at radius 1 is 1.12 bits per heavy atom. The second-order valence-electron chi connectivity index (χ2n) is 7.74. The van der Waals surface area contributed by atoms with Gasteiger partial charge in [0.05, 0.1) is 28.7 Å². The first-order valence-electron chi connectivity index (χ1n) is 10.3. The predicted octanol–water partition coefficient (Wildman–Crippen LogP) is 2.96. The Bertz CT molecular complexity index is 1380. The van der Waals surface area contributed by atoms with E-state index in [0.29, 0.717) is 40.8 Å². The van der Waals surface area contributed by atoms with Crippen molar-refractivity contribution in [3.8, 4) is 5.69 Å². The van der Waals surface area contributed by atoms with Crippen LogP contribution in [-0.2, 0) is 14.8 Å². The van der Waals surface area contributed by atoms with Gasteiger partial charge in [-0.2, -0.15) is 4.31 Å². The third-order valence-electron chi connectivity index (χ3n) is 5.60. The molecule has 2 heterocycles. The van der Waals surface area contributed by atoms with E-state index in [9.17, 15) is 18.0 Å². The summed E-state index contributed by atoms with van der Waals surface area (Å²) >= 11 is 5.79. The molecule has 2 amide bonds. The molecular weight excluding hydrogens is 464 g/mol. The average Bonchev–Trinajstić information content (AvgIpc) is 3.13. The first kappa shape index (κ1) is 23.0. The molecule has 172 valence electrons. The average molecular weight is 487 g/mol. The highest BCUT2D eigenvalue weighted by Gasteiger charge is 2.28. The number of anilines is 1. The number of nitrogens with two attached hydrogens (primary N) is 1. The van der Waals surface area contributed by atoms with E-state index in [1.165, 1.54) is 10.6 Å². The minimum atomic E-state index is -3.34. The van der Waals surface area contributed by atoms with Crippen LogP contribution in [0.2, 0.25) is 0 Å². The number of hydrogen-bond donors (Lipinski definition) is 2. The smallest absolute Gasteiger partial charge is 0.250 e. The molecule has 0 fully saturated rings. The van der Waals surface area contributed by atoms with E-state index in [4.69, 9.17) is 17.3 Å². The Hall–Kier alpha value is -3.14. The molecule has 0 radical (unpaired) electrons. The van der Waals surface area contributed by atoms with Crippen molar-refractivity contribution in [3.05, 3.63) is 65.9 Å². The van der Waals surface area contributed by atoms with Crippen LogP contribution in [0.25, 0.3) is 22.2 Å². The molecule has 1 aliphatic heterocycles. The number of nitrogens with zero attached hydrogens (tertiary/aromatic N) is 2. The van der Waals surface area contributed by atoms with E-state index in [1.54, 1.807) is 18.2 Å². The van der Waals surface area contributed by atoms with Crippen LogP contribution in [0.5, 0.6) is 0 Å². The van der Waals surface area contributed by atoms with E-state index in [0.717, 1.165) is 11.3 Å². The summed E-state index contributed by atoms with van der Waals surface area (Å²) in [5, 5.41) is 3.52. The number of primary amides is 1. The van der Waals surface area contributed by atoms with Crippen molar-refractivity contribution in [1.82, 2.24) is 8.87 Å². The van der Waals surface area contributed by atoms with E-state index >= 15 is 0 Å². The molecule has 8 nitrogen and oxygen atoms in total. The maximum atomic E-state index is 12.4. The fraction of sp³-hybridized carbons (Fsp3) is 0.217. The first-order valence-corrected chi connectivity index (χ1v) is 12.6. The molecule has 3 N–H and O–H groups in total. The van der Waals surface area contributed by atoms with Crippen LogP contribution >= 0.6 is 11.6 Å². The number of fused-ring (bicyclic) bond motifs is 1. The van der Waals surface area contributed by atoms with Crippen LogP contribution < -0.4 is 11.1 Å². The molecule has 0 atom stereocenters. The summed E-state index contributed by atoms with van der Waals surface area (Å²) in [7, 11) is -3.34. The Morgan fingerprint density at radius 2 is 1.85 bits per heavy atom. The van der Waals surface area contributed by atoms with E-state index in [1.807, 2.05) is 41.0 Å². The maximum absolute atomic E-state index is 12.4. The number of carbonyl (C=O) groups excluding carboxylic acids is 2. The van der Waals surface area contributed by atoms with Crippen molar-refractivity contribution in [2.45, 2.75) is 6.42 Å². The standard InChI is InChI=1S/C23H23ClN4O4S/c1-33(31,32)27-12-10-15(11-13-27)21-20(26-19(29)14-24)17-8-5-9-18(23(25)30)22(17)28(21)16-6-3-2-4-7-16/h2-10H,11-14H2,1H3,(H2,25,30)(H,26,29). The number of alkyl halides is 1. The highest BCUT2D eigenvalue weighted by molar-refractivity contribution is 7.88. The van der Waals surface area contributed by atoms with Crippen LogP contribution in [0.15, 0.2) is 54.6 Å². The van der Waals surface area contributed by atoms with Gasteiger partial charge in [-0.3, -0.25) is 9.59 Å². The van der Waals surface area contributed by atoms with Gasteiger partial charge in [-0.15, -0.1) is 11.6 Å². The summed E-state index contributed by atoms with van der Waals surface area (Å²) < 4.78 is 27.3. The van der Waals surface area contributed by atoms with E-state index in [2.05, 4.69) is 5.32 Å². The second-order valence-corrected chi connectivity index (χ2v) is 9.99. The second kappa shape index (κ2) is 9.01. The van der Waals surface area contributed by atoms with Gasteiger partial charge in [-0.25, -0.2) is 8.42 Å². The Labute approximate surface area is 196 Å². The lowest BCUT2D eigenvalue weighted by atomic mass is 10.0. The van der Waals surface area contributed by atoms with Crippen molar-refractivity contribution in [3.63, 3.8) is 0 Å². The lowest BCUT2D eigenvalue weighted by Crippen LogP contribution is -2.34. The summed E-state index contributed by atoms with van der Waals surface area (Å²) in [6.45, 7) is 0.503. The fourth-order valence-electron chi connectivity index (χ4n) is 4.14. The predicted molar refractivity (Wildman–Crippen MR) is 130 cm³/mol. The van der Waals surface area contributed by atoms with Crippen LogP contribution in [0, 0.1) is 0 Å². The number of nitrogens with one attached hydrogen (secondary N) is 1. The zero-order chi connectivity index (χ0) is 23.8. The van der Waals surface area contributed by atoms with Gasteiger partial charge in [0, 0.05) is 24.2 Å². The largest absolute Gasteiger partial charge is 0.366 e. The number of rotatable bonds is 6. The lowest BCUT2D eigenvalue weighted by molar-refractivity contribution is -0.113. The van der Waals surface area contributed by atoms with E-state index in [-0.39, 0.29) is 12.4 Å². The monoisotopic (exact) mass is 486 g/mol. The van der Waals surface area contributed by atoms with Crippen LogP contribution in [0.4, 0.5) is 5.69 Å². The zero-order valence-electron chi connectivity index (χ0n) is 17.9. The quantitative estimate of drug-likeness (QED) is 0.521. The van der Waals surface area contributed by atoms with Gasteiger partial charge in [-0.05, 0) is 30.2 Å². The topological polar surface area (TPSA) is 114 Å². The fourth-order valence-corrected chi connectivity index (χ4v) is 4.98. The van der Waals surface area contributed by atoms with Gasteiger partial charge >= 0.3 is 0 Å². The summed E-state index contributed by atoms with van der Waals surface area (Å²) in [5.41, 5.74) is 9.35. The maximum Gasteiger partial charge on any atom is 0.250 e. The van der Waals surface area contributed by atoms with Gasteiger partial charge < -0.3 is 15.6 Å². The minimum absolute atomic E-state index is 0.204. The lowest BCUT2D eigenvalue weighted by Gasteiger charge is -2.25. The summed E-state index contributed by atoms with van der Waals surface area (Å²) in [4.78, 5) is 24.7. The van der Waals surface area contributed by atoms with Crippen molar-refractivity contribution >= 4 is 55.6 Å². The van der Waals surface area contributed by atoms with Crippen LogP contribution in [0.1, 0.15) is 22.5 Å². The summed E-state index contributed by atoms with van der Waals surface area (Å²) in [6, 6.07) is 14.6. The molecule has 0 spiro atoms. The number of aromatic nitrogens is 1. The third kappa shape index (κ3) is 4.39. The zero-order valence-corrected chi connectivity index (χ0v) is 19.5. The molecule has 1 aliphatic rings. The molecule has 33 heavy (non-hydrogen) atoms. The number of para-hydroxylation sites is 2. The van der Waals surface area contributed by atoms with E-state index < -0.39 is 21.8 Å². The van der Waals surface area contributed by atoms with Crippen LogP contribution in [0.3, 0.4) is 0 Å². The highest BCUT2D eigenvalue weighted by atomic mass is 35.5. The number of halogens is 1. The number of amides is 2. The number of benzene rings is 2. The summed E-state index contributed by atoms with van der Waals surface area (Å²) in [5.74, 6) is -1.24. The van der Waals surface area contributed by atoms with Gasteiger partial charge in [0.2, 0.25) is 15.9 Å². The van der Waals surface area contributed by atoms with Crippen molar-refractivity contribution < 1.29 is 18.0 Å². The molecule has 2 aromatic carbocycles. The molecule has 3 aromatic rings. The normalized spacial score (nSPS) is 14.8. The van der Waals surface area contributed by atoms with Gasteiger partial charge in [0.1, 0.15) is 5.88 Å². The Kier molecular flexibility index (Phi) is 6.29. The molecular formula is C23H23ClN4O4S. The number of hydrogen-bond acceptors (Lipinski definition) is 4. The Balaban J connectivity index is 2.06. The molecule has 4 rings (SSSR count). The number of sulfonamides is 1. The molecule has 10 heteroatoms. The molecule has 0 unspecified atom stereocenters. The number of carbonyl (C=O) groups is 2. The SMILES string of the molecule is CS(=O)(=O)N1CC=C(c2c(NC(=O)CCl)c3cccc(C(N)=O)c3n2-c2ccccc2)CC1. The van der Waals surface area contributed by atoms with Crippen LogP contribution in [-0.4, -0.2) is 54.3 Å². The van der Waals surface area contributed by atoms with Crippen molar-refractivity contribution in [2.75, 3.05) is 30.5 Å². The first-order chi connectivity index (χ1) is 15.7.